The molecule has 0 aromatic heterocycles. The normalized spacial score (nSPS) is 42.7. The fourth-order valence-electron chi connectivity index (χ4n) is 1.98. The third-order valence-electron chi connectivity index (χ3n) is 3.37. The van der Waals surface area contributed by atoms with Crippen LogP contribution in [0.4, 0.5) is 0 Å². The van der Waals surface area contributed by atoms with E-state index in [0.29, 0.717) is 11.8 Å². The van der Waals surface area contributed by atoms with Gasteiger partial charge >= 0.3 is 0 Å². The molecule has 0 aromatic carbocycles. The molecule has 0 bridgehead atoms. The Bertz CT molecular complexity index is 181. The molecule has 3 atom stereocenters. The smallest absolute Gasteiger partial charge is 0.0650 e. The topological polar surface area (TPSA) is 20.2 Å². The first-order chi connectivity index (χ1) is 5.43. The van der Waals surface area contributed by atoms with Crippen molar-refractivity contribution in [2.45, 2.75) is 45.6 Å². The van der Waals surface area contributed by atoms with Crippen LogP contribution >= 0.6 is 0 Å². The van der Waals surface area contributed by atoms with E-state index in [0.717, 1.165) is 12.8 Å². The number of hydrogen-bond acceptors (Lipinski definition) is 1. The fourth-order valence-corrected chi connectivity index (χ4v) is 1.98. The van der Waals surface area contributed by atoms with Crippen LogP contribution < -0.4 is 0 Å². The van der Waals surface area contributed by atoms with Crippen molar-refractivity contribution >= 4 is 0 Å². The second kappa shape index (κ2) is 3.21. The van der Waals surface area contributed by atoms with Crippen LogP contribution in [0.1, 0.15) is 40.0 Å². The van der Waals surface area contributed by atoms with E-state index in [1.165, 1.54) is 12.0 Å². The zero-order valence-electron chi connectivity index (χ0n) is 8.43. The molecule has 0 amide bonds. The molecule has 70 valence electrons. The van der Waals surface area contributed by atoms with Crippen molar-refractivity contribution in [2.75, 3.05) is 0 Å². The Morgan fingerprint density at radius 1 is 1.50 bits per heavy atom. The van der Waals surface area contributed by atoms with Crippen molar-refractivity contribution in [3.63, 3.8) is 0 Å². The summed E-state index contributed by atoms with van der Waals surface area (Å²) in [6, 6.07) is 0. The molecule has 0 aliphatic heterocycles. The van der Waals surface area contributed by atoms with Crippen LogP contribution in [0.15, 0.2) is 12.2 Å². The first kappa shape index (κ1) is 9.79. The Morgan fingerprint density at radius 3 is 2.50 bits per heavy atom. The highest BCUT2D eigenvalue weighted by Crippen LogP contribution is 2.39. The Kier molecular flexibility index (Phi) is 2.62. The van der Waals surface area contributed by atoms with E-state index in [-0.39, 0.29) is 0 Å². The summed E-state index contributed by atoms with van der Waals surface area (Å²) >= 11 is 0. The summed E-state index contributed by atoms with van der Waals surface area (Å²) in [5, 5.41) is 10.0. The van der Waals surface area contributed by atoms with E-state index in [4.69, 9.17) is 0 Å². The van der Waals surface area contributed by atoms with E-state index >= 15 is 0 Å². The number of allylic oxidation sites excluding steroid dienone is 1. The molecule has 0 unspecified atom stereocenters. The Hall–Kier alpha value is -0.300. The lowest BCUT2D eigenvalue weighted by molar-refractivity contribution is -0.0375. The zero-order chi connectivity index (χ0) is 9.35. The molecule has 1 aliphatic carbocycles. The lowest BCUT2D eigenvalue weighted by Crippen LogP contribution is -2.39. The van der Waals surface area contributed by atoms with Crippen molar-refractivity contribution in [1.29, 1.82) is 0 Å². The number of rotatable bonds is 1. The molecule has 12 heavy (non-hydrogen) atoms. The van der Waals surface area contributed by atoms with Crippen LogP contribution in [0.25, 0.3) is 0 Å². The van der Waals surface area contributed by atoms with Gasteiger partial charge in [-0.3, -0.25) is 0 Å². The van der Waals surface area contributed by atoms with Gasteiger partial charge in [-0.1, -0.05) is 19.1 Å². The first-order valence-corrected chi connectivity index (χ1v) is 4.81. The highest BCUT2D eigenvalue weighted by molar-refractivity contribution is 5.02. The molecule has 0 aromatic rings. The van der Waals surface area contributed by atoms with Gasteiger partial charge in [0.25, 0.3) is 0 Å². The third-order valence-corrected chi connectivity index (χ3v) is 3.37. The van der Waals surface area contributed by atoms with Gasteiger partial charge in [0.2, 0.25) is 0 Å². The summed E-state index contributed by atoms with van der Waals surface area (Å²) in [6.07, 6.45) is 3.22. The van der Waals surface area contributed by atoms with Gasteiger partial charge in [0, 0.05) is 0 Å². The predicted molar refractivity (Wildman–Crippen MR) is 51.9 cm³/mol. The quantitative estimate of drug-likeness (QED) is 0.597. The van der Waals surface area contributed by atoms with Crippen LogP contribution in [0.5, 0.6) is 0 Å². The van der Waals surface area contributed by atoms with Gasteiger partial charge in [-0.25, -0.2) is 0 Å². The molecular weight excluding hydrogens is 148 g/mol. The second-order valence-electron chi connectivity index (χ2n) is 4.58. The standard InChI is InChI=1S/C11H20O/c1-8(2)10-6-5-9(3)11(4,12)7-10/h9-10,12H,1,5-7H2,2-4H3/t9-,10+,11+/m0/s1. The molecule has 0 spiro atoms. The summed E-state index contributed by atoms with van der Waals surface area (Å²) in [7, 11) is 0. The van der Waals surface area contributed by atoms with Crippen LogP contribution in [0.3, 0.4) is 0 Å². The lowest BCUT2D eigenvalue weighted by Gasteiger charge is -2.39. The zero-order valence-corrected chi connectivity index (χ0v) is 8.43. The average molecular weight is 168 g/mol. The summed E-state index contributed by atoms with van der Waals surface area (Å²) in [6.45, 7) is 10.1. The third kappa shape index (κ3) is 1.89. The van der Waals surface area contributed by atoms with Crippen molar-refractivity contribution in [2.24, 2.45) is 11.8 Å². The summed E-state index contributed by atoms with van der Waals surface area (Å²) < 4.78 is 0. The maximum atomic E-state index is 10.0. The van der Waals surface area contributed by atoms with Crippen molar-refractivity contribution < 1.29 is 5.11 Å². The predicted octanol–water partition coefficient (Wildman–Crippen LogP) is 2.75. The minimum atomic E-state index is -0.470. The monoisotopic (exact) mass is 168 g/mol. The van der Waals surface area contributed by atoms with E-state index < -0.39 is 5.60 Å². The van der Waals surface area contributed by atoms with Gasteiger partial charge < -0.3 is 5.11 Å². The van der Waals surface area contributed by atoms with E-state index in [1.54, 1.807) is 0 Å². The van der Waals surface area contributed by atoms with Gasteiger partial charge in [0.1, 0.15) is 0 Å². The molecule has 0 radical (unpaired) electrons. The van der Waals surface area contributed by atoms with Gasteiger partial charge in [-0.15, -0.1) is 0 Å². The van der Waals surface area contributed by atoms with Crippen LogP contribution in [0.2, 0.25) is 0 Å². The first-order valence-electron chi connectivity index (χ1n) is 4.81. The van der Waals surface area contributed by atoms with E-state index in [2.05, 4.69) is 20.4 Å². The minimum Gasteiger partial charge on any atom is -0.390 e. The molecule has 1 saturated carbocycles. The minimum absolute atomic E-state index is 0.438. The molecule has 1 rings (SSSR count). The van der Waals surface area contributed by atoms with E-state index in [1.807, 2.05) is 6.92 Å². The SMILES string of the molecule is C=C(C)[C@@H]1CC[C@H](C)[C@](C)(O)C1. The lowest BCUT2D eigenvalue weighted by atomic mass is 9.71. The largest absolute Gasteiger partial charge is 0.390 e. The molecule has 1 heteroatoms. The highest BCUT2D eigenvalue weighted by atomic mass is 16.3. The van der Waals surface area contributed by atoms with Crippen molar-refractivity contribution in [3.05, 3.63) is 12.2 Å². The maximum Gasteiger partial charge on any atom is 0.0650 e. The highest BCUT2D eigenvalue weighted by Gasteiger charge is 2.35. The molecule has 1 fully saturated rings. The van der Waals surface area contributed by atoms with Crippen LogP contribution in [-0.4, -0.2) is 10.7 Å². The average Bonchev–Trinajstić information content (AvgIpc) is 1.94. The maximum absolute atomic E-state index is 10.0. The molecule has 1 aliphatic rings. The van der Waals surface area contributed by atoms with Crippen LogP contribution in [-0.2, 0) is 0 Å². The van der Waals surface area contributed by atoms with Crippen LogP contribution in [0, 0.1) is 11.8 Å². The Balaban J connectivity index is 2.63. The Labute approximate surface area is 75.5 Å². The number of hydrogen-bond donors (Lipinski definition) is 1. The molecule has 0 saturated heterocycles. The second-order valence-corrected chi connectivity index (χ2v) is 4.58. The van der Waals surface area contributed by atoms with E-state index in [9.17, 15) is 5.11 Å². The van der Waals surface area contributed by atoms with Gasteiger partial charge in [0.05, 0.1) is 5.60 Å². The van der Waals surface area contributed by atoms with Crippen molar-refractivity contribution in [3.8, 4) is 0 Å². The van der Waals surface area contributed by atoms with Gasteiger partial charge in [-0.05, 0) is 44.9 Å². The molecule has 1 N–H and O–H groups in total. The molecule has 1 nitrogen and oxygen atoms in total. The summed E-state index contributed by atoms with van der Waals surface area (Å²) in [5.74, 6) is 0.976. The summed E-state index contributed by atoms with van der Waals surface area (Å²) in [4.78, 5) is 0. The van der Waals surface area contributed by atoms with Crippen molar-refractivity contribution in [1.82, 2.24) is 0 Å². The molecular formula is C11H20O. The molecule has 0 heterocycles. The fraction of sp³-hybridized carbons (Fsp3) is 0.818. The van der Waals surface area contributed by atoms with Gasteiger partial charge in [0.15, 0.2) is 0 Å². The van der Waals surface area contributed by atoms with Gasteiger partial charge in [-0.2, -0.15) is 0 Å². The summed E-state index contributed by atoms with van der Waals surface area (Å²) in [5.41, 5.74) is 0.754. The Morgan fingerprint density at radius 2 is 2.08 bits per heavy atom. The number of aliphatic hydroxyl groups is 1.